The summed E-state index contributed by atoms with van der Waals surface area (Å²) in [6, 6.07) is 1.28. The van der Waals surface area contributed by atoms with Crippen LogP contribution in [0, 0.1) is 10.1 Å². The van der Waals surface area contributed by atoms with Gasteiger partial charge in [0.05, 0.1) is 4.92 Å². The van der Waals surface area contributed by atoms with Gasteiger partial charge in [0, 0.05) is 6.07 Å². The molecule has 0 radical (unpaired) electrons. The Morgan fingerprint density at radius 2 is 2.42 bits per heavy atom. The lowest BCUT2D eigenvalue weighted by Crippen LogP contribution is -2.09. The maximum Gasteiger partial charge on any atom is 0.311 e. The average molecular weight is 189 g/mol. The van der Waals surface area contributed by atoms with Crippen molar-refractivity contribution in [3.05, 3.63) is 27.5 Å². The van der Waals surface area contributed by atoms with Gasteiger partial charge in [-0.25, -0.2) is 4.98 Å². The minimum absolute atomic E-state index is 0.139. The number of aromatic nitrogens is 1. The monoisotopic (exact) mass is 188 g/mol. The van der Waals surface area contributed by atoms with Gasteiger partial charge in [-0.1, -0.05) is 11.6 Å². The first kappa shape index (κ1) is 8.69. The summed E-state index contributed by atoms with van der Waals surface area (Å²) in [6.45, 7) is 0. The summed E-state index contributed by atoms with van der Waals surface area (Å²) in [4.78, 5) is 13.3. The highest BCUT2D eigenvalue weighted by Gasteiger charge is 2.13. The lowest BCUT2D eigenvalue weighted by Gasteiger charge is -1.99. The van der Waals surface area contributed by atoms with Crippen LogP contribution in [-0.2, 0) is 0 Å². The molecule has 0 aliphatic rings. The van der Waals surface area contributed by atoms with Gasteiger partial charge in [-0.05, 0) is 0 Å². The van der Waals surface area contributed by atoms with Gasteiger partial charge in [0.1, 0.15) is 17.0 Å². The second-order valence-corrected chi connectivity index (χ2v) is 2.31. The molecule has 6 nitrogen and oxygen atoms in total. The van der Waals surface area contributed by atoms with Gasteiger partial charge in [-0.15, -0.1) is 0 Å². The number of hydrazine groups is 1. The maximum absolute atomic E-state index is 10.3. The molecule has 0 aromatic carbocycles. The molecular formula is C5H5ClN4O2. The summed E-state index contributed by atoms with van der Waals surface area (Å²) < 4.78 is 0. The van der Waals surface area contributed by atoms with E-state index in [1.807, 2.05) is 0 Å². The highest BCUT2D eigenvalue weighted by Crippen LogP contribution is 2.24. The predicted molar refractivity (Wildman–Crippen MR) is 43.7 cm³/mol. The molecule has 0 atom stereocenters. The van der Waals surface area contributed by atoms with Crippen LogP contribution < -0.4 is 11.3 Å². The number of nitrogens with zero attached hydrogens (tertiary/aromatic N) is 2. The second kappa shape index (κ2) is 3.33. The Morgan fingerprint density at radius 3 is 2.92 bits per heavy atom. The third kappa shape index (κ3) is 1.60. The molecule has 1 rings (SSSR count). The Morgan fingerprint density at radius 1 is 1.75 bits per heavy atom. The number of nitro groups is 1. The molecule has 3 N–H and O–H groups in total. The highest BCUT2D eigenvalue weighted by atomic mass is 35.5. The summed E-state index contributed by atoms with van der Waals surface area (Å²) >= 11 is 5.47. The van der Waals surface area contributed by atoms with E-state index in [1.165, 1.54) is 6.07 Å². The second-order valence-electron chi connectivity index (χ2n) is 1.93. The van der Waals surface area contributed by atoms with Crippen molar-refractivity contribution in [3.63, 3.8) is 0 Å². The van der Waals surface area contributed by atoms with Crippen LogP contribution in [0.2, 0.25) is 5.15 Å². The van der Waals surface area contributed by atoms with Gasteiger partial charge in [0.25, 0.3) is 0 Å². The number of anilines is 1. The first-order valence-electron chi connectivity index (χ1n) is 2.91. The fourth-order valence-corrected chi connectivity index (χ4v) is 0.842. The number of nitrogen functional groups attached to an aromatic ring is 1. The van der Waals surface area contributed by atoms with Gasteiger partial charge in [-0.3, -0.25) is 16.0 Å². The summed E-state index contributed by atoms with van der Waals surface area (Å²) in [6.07, 6.45) is 1.04. The maximum atomic E-state index is 10.3. The molecule has 0 fully saturated rings. The van der Waals surface area contributed by atoms with Crippen LogP contribution in [-0.4, -0.2) is 9.91 Å². The minimum atomic E-state index is -0.599. The molecule has 0 unspecified atom stereocenters. The number of nitrogens with two attached hydrogens (primary N) is 1. The summed E-state index contributed by atoms with van der Waals surface area (Å²) in [7, 11) is 0. The fourth-order valence-electron chi connectivity index (χ4n) is 0.684. The molecule has 1 aromatic heterocycles. The zero-order valence-electron chi connectivity index (χ0n) is 5.82. The van der Waals surface area contributed by atoms with Crippen molar-refractivity contribution >= 4 is 23.0 Å². The van der Waals surface area contributed by atoms with Crippen molar-refractivity contribution in [2.24, 2.45) is 5.84 Å². The lowest BCUT2D eigenvalue weighted by atomic mass is 10.3. The Bertz CT molecular complexity index is 316. The molecule has 0 aliphatic heterocycles. The van der Waals surface area contributed by atoms with Crippen LogP contribution in [0.15, 0.2) is 12.3 Å². The summed E-state index contributed by atoms with van der Waals surface area (Å²) in [5.74, 6) is 5.02. The molecule has 0 aliphatic carbocycles. The average Bonchev–Trinajstić information content (AvgIpc) is 2.03. The molecule has 7 heteroatoms. The zero-order valence-corrected chi connectivity index (χ0v) is 6.58. The molecule has 64 valence electrons. The van der Waals surface area contributed by atoms with Crippen LogP contribution >= 0.6 is 11.6 Å². The molecule has 0 saturated carbocycles. The molecule has 0 spiro atoms. The number of hydrogen-bond donors (Lipinski definition) is 2. The van der Waals surface area contributed by atoms with Gasteiger partial charge in [0.2, 0.25) is 0 Å². The van der Waals surface area contributed by atoms with E-state index in [4.69, 9.17) is 17.4 Å². The van der Waals surface area contributed by atoms with E-state index >= 15 is 0 Å². The molecule has 0 bridgehead atoms. The van der Waals surface area contributed by atoms with Crippen molar-refractivity contribution in [1.82, 2.24) is 4.98 Å². The molecule has 1 aromatic rings. The third-order valence-electron chi connectivity index (χ3n) is 1.20. The van der Waals surface area contributed by atoms with Crippen LogP contribution in [0.1, 0.15) is 0 Å². The molecule has 1 heterocycles. The van der Waals surface area contributed by atoms with Gasteiger partial charge in [0.15, 0.2) is 0 Å². The van der Waals surface area contributed by atoms with Crippen LogP contribution in [0.25, 0.3) is 0 Å². The molecule has 0 amide bonds. The quantitative estimate of drug-likeness (QED) is 0.312. The number of halogens is 1. The van der Waals surface area contributed by atoms with Gasteiger partial charge < -0.3 is 5.43 Å². The van der Waals surface area contributed by atoms with Crippen LogP contribution in [0.5, 0.6) is 0 Å². The summed E-state index contributed by atoms with van der Waals surface area (Å²) in [5.41, 5.74) is 2.08. The van der Waals surface area contributed by atoms with Gasteiger partial charge >= 0.3 is 5.69 Å². The van der Waals surface area contributed by atoms with E-state index in [2.05, 4.69) is 10.4 Å². The SMILES string of the molecule is NNc1cc(Cl)ncc1[N+](=O)[O-]. The van der Waals surface area contributed by atoms with Crippen molar-refractivity contribution in [2.75, 3.05) is 5.43 Å². The molecule has 12 heavy (non-hydrogen) atoms. The topological polar surface area (TPSA) is 94.1 Å². The van der Waals surface area contributed by atoms with Crippen LogP contribution in [0.3, 0.4) is 0 Å². The third-order valence-corrected chi connectivity index (χ3v) is 1.41. The van der Waals surface area contributed by atoms with Crippen LogP contribution in [0.4, 0.5) is 11.4 Å². The number of pyridine rings is 1. The molecule has 0 saturated heterocycles. The van der Waals surface area contributed by atoms with E-state index < -0.39 is 4.92 Å². The van der Waals surface area contributed by atoms with E-state index in [1.54, 1.807) is 0 Å². The standard InChI is InChI=1S/C5H5ClN4O2/c6-5-1-3(9-7)4(2-8-5)10(11)12/h1-2H,7H2,(H,8,9). The fraction of sp³-hybridized carbons (Fsp3) is 0. The van der Waals surface area contributed by atoms with Crippen molar-refractivity contribution in [3.8, 4) is 0 Å². The Labute approximate surface area is 72.5 Å². The van der Waals surface area contributed by atoms with E-state index in [0.29, 0.717) is 0 Å². The first-order valence-corrected chi connectivity index (χ1v) is 3.29. The lowest BCUT2D eigenvalue weighted by molar-refractivity contribution is -0.384. The van der Waals surface area contributed by atoms with Crippen molar-refractivity contribution in [2.45, 2.75) is 0 Å². The Kier molecular flexibility index (Phi) is 2.41. The van der Waals surface area contributed by atoms with Crippen molar-refractivity contribution in [1.29, 1.82) is 0 Å². The Balaban J connectivity index is 3.20. The minimum Gasteiger partial charge on any atom is -0.318 e. The number of nitrogens with one attached hydrogen (secondary N) is 1. The first-order chi connectivity index (χ1) is 5.65. The normalized spacial score (nSPS) is 9.50. The van der Waals surface area contributed by atoms with Crippen molar-refractivity contribution < 1.29 is 4.92 Å². The van der Waals surface area contributed by atoms with E-state index in [0.717, 1.165) is 6.20 Å². The number of rotatable bonds is 2. The Hall–Kier alpha value is -1.40. The zero-order chi connectivity index (χ0) is 9.14. The van der Waals surface area contributed by atoms with Gasteiger partial charge in [-0.2, -0.15) is 0 Å². The largest absolute Gasteiger partial charge is 0.318 e. The molecular weight excluding hydrogens is 184 g/mol. The van der Waals surface area contributed by atoms with E-state index in [-0.39, 0.29) is 16.5 Å². The number of hydrogen-bond acceptors (Lipinski definition) is 5. The predicted octanol–water partition coefficient (Wildman–Crippen LogP) is 0.929. The highest BCUT2D eigenvalue weighted by molar-refractivity contribution is 6.29. The smallest absolute Gasteiger partial charge is 0.311 e. The van der Waals surface area contributed by atoms with E-state index in [9.17, 15) is 10.1 Å². The summed E-state index contributed by atoms with van der Waals surface area (Å²) in [5, 5.41) is 10.5.